The lowest BCUT2D eigenvalue weighted by molar-refractivity contribution is 0.604. The van der Waals surface area contributed by atoms with Gasteiger partial charge in [-0.15, -0.1) is 0 Å². The summed E-state index contributed by atoms with van der Waals surface area (Å²) in [7, 11) is 3.44. The molecular weight excluding hydrogens is 188 g/mol. The maximum atomic E-state index is 13.1. The standard InChI is InChI=1S/C9H11F2N3/c1-14(2)5-13-9-7(11)4-3-6(10)8(9)12/h3-5H,12H2,1-2H3. The van der Waals surface area contributed by atoms with E-state index in [4.69, 9.17) is 5.73 Å². The number of anilines is 1. The van der Waals surface area contributed by atoms with Crippen molar-refractivity contribution in [2.75, 3.05) is 19.8 Å². The molecule has 0 aromatic heterocycles. The van der Waals surface area contributed by atoms with Gasteiger partial charge in [-0.1, -0.05) is 0 Å². The first-order chi connectivity index (χ1) is 6.52. The van der Waals surface area contributed by atoms with Crippen molar-refractivity contribution in [1.82, 2.24) is 4.90 Å². The van der Waals surface area contributed by atoms with Gasteiger partial charge in [-0.2, -0.15) is 0 Å². The van der Waals surface area contributed by atoms with Crippen LogP contribution in [0.25, 0.3) is 0 Å². The Labute approximate surface area is 80.9 Å². The average Bonchev–Trinajstić information content (AvgIpc) is 2.11. The van der Waals surface area contributed by atoms with E-state index < -0.39 is 11.6 Å². The molecule has 0 atom stereocenters. The fourth-order valence-electron chi connectivity index (χ4n) is 0.861. The van der Waals surface area contributed by atoms with Crippen molar-refractivity contribution in [3.63, 3.8) is 0 Å². The molecule has 5 heteroatoms. The van der Waals surface area contributed by atoms with Crippen LogP contribution in [0.2, 0.25) is 0 Å². The van der Waals surface area contributed by atoms with Crippen molar-refractivity contribution < 1.29 is 8.78 Å². The Morgan fingerprint density at radius 1 is 1.29 bits per heavy atom. The lowest BCUT2D eigenvalue weighted by Crippen LogP contribution is -2.07. The van der Waals surface area contributed by atoms with E-state index in [2.05, 4.69) is 4.99 Å². The molecule has 0 spiro atoms. The van der Waals surface area contributed by atoms with Gasteiger partial charge in [0.2, 0.25) is 0 Å². The third-order valence-corrected chi connectivity index (χ3v) is 1.53. The van der Waals surface area contributed by atoms with Crippen LogP contribution >= 0.6 is 0 Å². The van der Waals surface area contributed by atoms with E-state index in [0.29, 0.717) is 0 Å². The molecular formula is C9H11F2N3. The van der Waals surface area contributed by atoms with Crippen molar-refractivity contribution in [3.05, 3.63) is 23.8 Å². The number of nitrogens with two attached hydrogens (primary N) is 1. The second-order valence-electron chi connectivity index (χ2n) is 3.00. The highest BCUT2D eigenvalue weighted by Crippen LogP contribution is 2.27. The molecule has 0 heterocycles. The molecule has 0 unspecified atom stereocenters. The molecule has 0 aliphatic rings. The van der Waals surface area contributed by atoms with Crippen molar-refractivity contribution in [1.29, 1.82) is 0 Å². The Morgan fingerprint density at radius 2 is 1.86 bits per heavy atom. The van der Waals surface area contributed by atoms with Crippen LogP contribution in [0.15, 0.2) is 17.1 Å². The molecule has 14 heavy (non-hydrogen) atoms. The number of nitrogen functional groups attached to an aromatic ring is 1. The minimum atomic E-state index is -0.669. The second-order valence-corrected chi connectivity index (χ2v) is 3.00. The summed E-state index contributed by atoms with van der Waals surface area (Å²) in [6.45, 7) is 0. The van der Waals surface area contributed by atoms with E-state index in [9.17, 15) is 8.78 Å². The second kappa shape index (κ2) is 4.04. The van der Waals surface area contributed by atoms with Crippen LogP contribution in [0.5, 0.6) is 0 Å². The van der Waals surface area contributed by atoms with Gasteiger partial charge < -0.3 is 10.6 Å². The maximum Gasteiger partial charge on any atom is 0.151 e. The van der Waals surface area contributed by atoms with Crippen LogP contribution in [0.3, 0.4) is 0 Å². The zero-order valence-electron chi connectivity index (χ0n) is 7.96. The summed E-state index contributed by atoms with van der Waals surface area (Å²) in [6, 6.07) is 1.97. The zero-order valence-corrected chi connectivity index (χ0v) is 7.96. The minimum Gasteiger partial charge on any atom is -0.395 e. The van der Waals surface area contributed by atoms with Gasteiger partial charge in [0, 0.05) is 14.1 Å². The molecule has 1 rings (SSSR count). The molecule has 0 radical (unpaired) electrons. The molecule has 0 fully saturated rings. The normalized spacial score (nSPS) is 10.9. The minimum absolute atomic E-state index is 0.168. The quantitative estimate of drug-likeness (QED) is 0.448. The summed E-state index contributed by atoms with van der Waals surface area (Å²) in [5.74, 6) is -1.31. The summed E-state index contributed by atoms with van der Waals surface area (Å²) in [4.78, 5) is 5.33. The SMILES string of the molecule is CN(C)C=Nc1c(F)ccc(F)c1N. The molecule has 3 nitrogen and oxygen atoms in total. The summed E-state index contributed by atoms with van der Waals surface area (Å²) in [6.07, 6.45) is 1.36. The van der Waals surface area contributed by atoms with Crippen LogP contribution < -0.4 is 5.73 Å². The third kappa shape index (κ3) is 2.18. The van der Waals surface area contributed by atoms with Gasteiger partial charge in [-0.05, 0) is 12.1 Å². The number of aliphatic imine (C=N–C) groups is 1. The Kier molecular flexibility index (Phi) is 3.01. The first kappa shape index (κ1) is 10.4. The molecule has 0 aliphatic heterocycles. The Bertz CT molecular complexity index is 361. The zero-order chi connectivity index (χ0) is 10.7. The van der Waals surface area contributed by atoms with Crippen molar-refractivity contribution >= 4 is 17.7 Å². The lowest BCUT2D eigenvalue weighted by atomic mass is 10.2. The van der Waals surface area contributed by atoms with Crippen LogP contribution in [0, 0.1) is 11.6 Å². The monoisotopic (exact) mass is 199 g/mol. The molecule has 0 aliphatic carbocycles. The number of hydrogen-bond acceptors (Lipinski definition) is 2. The fraction of sp³-hybridized carbons (Fsp3) is 0.222. The number of hydrogen-bond donors (Lipinski definition) is 1. The Balaban J connectivity index is 3.13. The number of rotatable bonds is 2. The molecule has 1 aromatic carbocycles. The maximum absolute atomic E-state index is 13.1. The first-order valence-corrected chi connectivity index (χ1v) is 3.96. The first-order valence-electron chi connectivity index (χ1n) is 3.96. The molecule has 0 saturated heterocycles. The van der Waals surface area contributed by atoms with E-state index in [-0.39, 0.29) is 11.4 Å². The van der Waals surface area contributed by atoms with E-state index >= 15 is 0 Å². The largest absolute Gasteiger partial charge is 0.395 e. The summed E-state index contributed by atoms with van der Waals surface area (Å²) < 4.78 is 26.0. The van der Waals surface area contributed by atoms with E-state index in [1.807, 2.05) is 0 Å². The third-order valence-electron chi connectivity index (χ3n) is 1.53. The van der Waals surface area contributed by atoms with Gasteiger partial charge in [0.1, 0.15) is 11.5 Å². The van der Waals surface area contributed by atoms with Crippen molar-refractivity contribution in [2.45, 2.75) is 0 Å². The highest BCUT2D eigenvalue weighted by atomic mass is 19.1. The van der Waals surface area contributed by atoms with Gasteiger partial charge in [0.15, 0.2) is 5.82 Å². The summed E-state index contributed by atoms with van der Waals surface area (Å²) in [5.41, 5.74) is 4.88. The highest BCUT2D eigenvalue weighted by molar-refractivity contribution is 5.70. The van der Waals surface area contributed by atoms with Gasteiger partial charge in [0.25, 0.3) is 0 Å². The molecule has 0 bridgehead atoms. The molecule has 0 saturated carbocycles. The molecule has 76 valence electrons. The van der Waals surface area contributed by atoms with Gasteiger partial charge in [-0.25, -0.2) is 13.8 Å². The fourth-order valence-corrected chi connectivity index (χ4v) is 0.861. The van der Waals surface area contributed by atoms with Crippen molar-refractivity contribution in [2.24, 2.45) is 4.99 Å². The highest BCUT2D eigenvalue weighted by Gasteiger charge is 2.09. The topological polar surface area (TPSA) is 41.6 Å². The van der Waals surface area contributed by atoms with Crippen LogP contribution in [-0.2, 0) is 0 Å². The number of benzene rings is 1. The Morgan fingerprint density at radius 3 is 2.43 bits per heavy atom. The van der Waals surface area contributed by atoms with Crippen LogP contribution in [0.4, 0.5) is 20.2 Å². The van der Waals surface area contributed by atoms with E-state index in [0.717, 1.165) is 12.1 Å². The van der Waals surface area contributed by atoms with Gasteiger partial charge in [0.05, 0.1) is 12.0 Å². The van der Waals surface area contributed by atoms with Crippen molar-refractivity contribution in [3.8, 4) is 0 Å². The van der Waals surface area contributed by atoms with E-state index in [1.54, 1.807) is 19.0 Å². The number of halogens is 2. The molecule has 1 aromatic rings. The van der Waals surface area contributed by atoms with E-state index in [1.165, 1.54) is 6.34 Å². The predicted octanol–water partition coefficient (Wildman–Crippen LogP) is 1.77. The van der Waals surface area contributed by atoms with Gasteiger partial charge in [-0.3, -0.25) is 0 Å². The molecule has 2 N–H and O–H groups in total. The van der Waals surface area contributed by atoms with Crippen LogP contribution in [0.1, 0.15) is 0 Å². The summed E-state index contributed by atoms with van der Waals surface area (Å²) in [5, 5.41) is 0. The predicted molar refractivity (Wildman–Crippen MR) is 52.6 cm³/mol. The number of nitrogens with zero attached hydrogens (tertiary/aromatic N) is 2. The molecule has 0 amide bonds. The smallest absolute Gasteiger partial charge is 0.151 e. The van der Waals surface area contributed by atoms with Crippen LogP contribution in [-0.4, -0.2) is 25.3 Å². The average molecular weight is 199 g/mol. The lowest BCUT2D eigenvalue weighted by Gasteiger charge is -2.05. The van der Waals surface area contributed by atoms with Gasteiger partial charge >= 0.3 is 0 Å². The Hall–Kier alpha value is -1.65. The summed E-state index contributed by atoms with van der Waals surface area (Å²) >= 11 is 0.